The van der Waals surface area contributed by atoms with E-state index in [1.165, 1.54) is 12.1 Å². The maximum atomic E-state index is 13.5. The van der Waals surface area contributed by atoms with Crippen LogP contribution in [-0.4, -0.2) is 16.0 Å². The molecule has 1 fully saturated rings. The number of nitrogens with two attached hydrogens (primary N) is 1. The molecule has 0 unspecified atom stereocenters. The Balaban J connectivity index is 1.59. The molecule has 7 heteroatoms. The van der Waals surface area contributed by atoms with E-state index in [1.54, 1.807) is 31.2 Å². The Morgan fingerprint density at radius 2 is 2.15 bits per heavy atom. The molecule has 0 radical (unpaired) electrons. The van der Waals surface area contributed by atoms with Gasteiger partial charge in [-0.3, -0.25) is 4.79 Å². The predicted molar refractivity (Wildman–Crippen MR) is 95.7 cm³/mol. The molecule has 0 saturated heterocycles. The number of primary amides is 1. The molecular formula is C20H18FN3O3. The highest BCUT2D eigenvalue weighted by Gasteiger charge is 2.29. The first-order valence-corrected chi connectivity index (χ1v) is 8.67. The Bertz CT molecular complexity index is 1010. The molecule has 2 aromatic heterocycles. The monoisotopic (exact) mass is 367 g/mol. The fraction of sp³-hybridized carbons (Fsp3) is 0.250. The summed E-state index contributed by atoms with van der Waals surface area (Å²) in [6, 6.07) is 9.41. The number of pyridine rings is 1. The molecule has 0 bridgehead atoms. The van der Waals surface area contributed by atoms with Gasteiger partial charge >= 0.3 is 0 Å². The van der Waals surface area contributed by atoms with E-state index in [4.69, 9.17) is 15.0 Å². The summed E-state index contributed by atoms with van der Waals surface area (Å²) < 4.78 is 24.6. The molecule has 1 amide bonds. The lowest BCUT2D eigenvalue weighted by molar-refractivity contribution is 0.0998. The van der Waals surface area contributed by atoms with Gasteiger partial charge in [0, 0.05) is 17.5 Å². The fourth-order valence-corrected chi connectivity index (χ4v) is 2.98. The molecule has 1 aliphatic carbocycles. The second kappa shape index (κ2) is 6.83. The van der Waals surface area contributed by atoms with Crippen LogP contribution in [0.3, 0.4) is 0 Å². The van der Waals surface area contributed by atoms with E-state index in [2.05, 4.69) is 10.1 Å². The summed E-state index contributed by atoms with van der Waals surface area (Å²) in [4.78, 5) is 16.0. The fourth-order valence-electron chi connectivity index (χ4n) is 2.98. The summed E-state index contributed by atoms with van der Waals surface area (Å²) in [6.45, 7) is 1.93. The molecule has 1 aliphatic rings. The van der Waals surface area contributed by atoms with Crippen LogP contribution < -0.4 is 10.5 Å². The second-order valence-electron chi connectivity index (χ2n) is 6.59. The number of aryl methyl sites for hydroxylation is 1. The maximum absolute atomic E-state index is 13.5. The smallest absolute Gasteiger partial charge is 0.250 e. The topological polar surface area (TPSA) is 91.2 Å². The van der Waals surface area contributed by atoms with Gasteiger partial charge in [0.25, 0.3) is 5.91 Å². The molecular weight excluding hydrogens is 349 g/mol. The summed E-state index contributed by atoms with van der Waals surface area (Å²) >= 11 is 0. The first-order valence-electron chi connectivity index (χ1n) is 8.67. The molecule has 138 valence electrons. The molecule has 0 aliphatic heterocycles. The highest BCUT2D eigenvalue weighted by molar-refractivity contribution is 5.94. The van der Waals surface area contributed by atoms with Crippen LogP contribution in [0.2, 0.25) is 0 Å². The Labute approximate surface area is 155 Å². The predicted octanol–water partition coefficient (Wildman–Crippen LogP) is 3.74. The van der Waals surface area contributed by atoms with Gasteiger partial charge in [0.1, 0.15) is 23.9 Å². The zero-order valence-electron chi connectivity index (χ0n) is 14.7. The van der Waals surface area contributed by atoms with Crippen molar-refractivity contribution in [2.75, 3.05) is 0 Å². The van der Waals surface area contributed by atoms with Crippen LogP contribution in [0, 0.1) is 12.7 Å². The van der Waals surface area contributed by atoms with Gasteiger partial charge in [0.05, 0.1) is 16.8 Å². The Hall–Kier alpha value is -3.22. The summed E-state index contributed by atoms with van der Waals surface area (Å²) in [6.07, 6.45) is 1.98. The van der Waals surface area contributed by atoms with Crippen molar-refractivity contribution in [2.24, 2.45) is 5.73 Å². The standard InChI is InChI=1S/C20H18FN3O3/c1-11-16(19(24-27-11)13-3-2-4-14(21)9-13)10-26-17-8-7-15(20(22)25)18(23-17)12-5-6-12/h2-4,7-9,12H,5-6,10H2,1H3,(H2,22,25). The van der Waals surface area contributed by atoms with Crippen LogP contribution in [0.4, 0.5) is 4.39 Å². The Kier molecular flexibility index (Phi) is 4.35. The van der Waals surface area contributed by atoms with Gasteiger partial charge in [-0.05, 0) is 38.0 Å². The van der Waals surface area contributed by atoms with Gasteiger partial charge in [-0.15, -0.1) is 0 Å². The number of ether oxygens (including phenoxy) is 1. The highest BCUT2D eigenvalue weighted by atomic mass is 19.1. The molecule has 1 saturated carbocycles. The van der Waals surface area contributed by atoms with Crippen molar-refractivity contribution in [3.8, 4) is 17.1 Å². The average Bonchev–Trinajstić information content (AvgIpc) is 3.43. The van der Waals surface area contributed by atoms with Crippen LogP contribution in [-0.2, 0) is 6.61 Å². The largest absolute Gasteiger partial charge is 0.473 e. The number of rotatable bonds is 6. The third-order valence-corrected chi connectivity index (χ3v) is 4.58. The molecule has 2 heterocycles. The van der Waals surface area contributed by atoms with Gasteiger partial charge in [-0.1, -0.05) is 17.3 Å². The third kappa shape index (κ3) is 3.53. The van der Waals surface area contributed by atoms with Gasteiger partial charge < -0.3 is 15.0 Å². The van der Waals surface area contributed by atoms with E-state index < -0.39 is 5.91 Å². The molecule has 4 rings (SSSR count). The van der Waals surface area contributed by atoms with Crippen molar-refractivity contribution >= 4 is 5.91 Å². The quantitative estimate of drug-likeness (QED) is 0.717. The number of halogens is 1. The number of benzene rings is 1. The summed E-state index contributed by atoms with van der Waals surface area (Å²) in [5.74, 6) is 0.409. The lowest BCUT2D eigenvalue weighted by atomic mass is 10.1. The lowest BCUT2D eigenvalue weighted by Crippen LogP contribution is -2.15. The molecule has 0 atom stereocenters. The lowest BCUT2D eigenvalue weighted by Gasteiger charge is -2.10. The first kappa shape index (κ1) is 17.2. The third-order valence-electron chi connectivity index (χ3n) is 4.58. The van der Waals surface area contributed by atoms with Crippen molar-refractivity contribution in [3.63, 3.8) is 0 Å². The normalized spacial score (nSPS) is 13.6. The van der Waals surface area contributed by atoms with E-state index in [1.807, 2.05) is 0 Å². The molecule has 6 nitrogen and oxygen atoms in total. The summed E-state index contributed by atoms with van der Waals surface area (Å²) in [5, 5.41) is 4.03. The van der Waals surface area contributed by atoms with Crippen molar-refractivity contribution in [1.82, 2.24) is 10.1 Å². The number of carbonyl (C=O) groups excluding carboxylic acids is 1. The number of aromatic nitrogens is 2. The highest BCUT2D eigenvalue weighted by Crippen LogP contribution is 2.41. The van der Waals surface area contributed by atoms with E-state index in [0.29, 0.717) is 39.7 Å². The van der Waals surface area contributed by atoms with Crippen molar-refractivity contribution in [3.05, 3.63) is 64.8 Å². The maximum Gasteiger partial charge on any atom is 0.250 e. The van der Waals surface area contributed by atoms with Crippen molar-refractivity contribution in [1.29, 1.82) is 0 Å². The summed E-state index contributed by atoms with van der Waals surface area (Å²) in [7, 11) is 0. The number of hydrogen-bond acceptors (Lipinski definition) is 5. The zero-order valence-corrected chi connectivity index (χ0v) is 14.7. The molecule has 3 aromatic rings. The van der Waals surface area contributed by atoms with E-state index in [-0.39, 0.29) is 18.3 Å². The van der Waals surface area contributed by atoms with Crippen LogP contribution in [0.25, 0.3) is 11.3 Å². The molecule has 27 heavy (non-hydrogen) atoms. The van der Waals surface area contributed by atoms with E-state index in [9.17, 15) is 9.18 Å². The SMILES string of the molecule is Cc1onc(-c2cccc(F)c2)c1COc1ccc(C(N)=O)c(C2CC2)n1. The molecule has 0 spiro atoms. The number of amides is 1. The van der Waals surface area contributed by atoms with Gasteiger partial charge in [-0.2, -0.15) is 0 Å². The van der Waals surface area contributed by atoms with E-state index >= 15 is 0 Å². The minimum Gasteiger partial charge on any atom is -0.473 e. The van der Waals surface area contributed by atoms with Crippen LogP contribution in [0.1, 0.15) is 46.1 Å². The van der Waals surface area contributed by atoms with Crippen LogP contribution in [0.15, 0.2) is 40.9 Å². The van der Waals surface area contributed by atoms with Gasteiger partial charge in [-0.25, -0.2) is 9.37 Å². The first-order chi connectivity index (χ1) is 13.0. The van der Waals surface area contributed by atoms with Gasteiger partial charge in [0.2, 0.25) is 5.88 Å². The molecule has 2 N–H and O–H groups in total. The molecule has 1 aromatic carbocycles. The minimum atomic E-state index is -0.487. The Morgan fingerprint density at radius 1 is 1.33 bits per heavy atom. The van der Waals surface area contributed by atoms with Crippen LogP contribution in [0.5, 0.6) is 5.88 Å². The number of carbonyl (C=O) groups is 1. The van der Waals surface area contributed by atoms with E-state index in [0.717, 1.165) is 12.8 Å². The summed E-state index contributed by atoms with van der Waals surface area (Å²) in [5.41, 5.74) is 8.41. The zero-order chi connectivity index (χ0) is 19.0. The van der Waals surface area contributed by atoms with Crippen LogP contribution >= 0.6 is 0 Å². The second-order valence-corrected chi connectivity index (χ2v) is 6.59. The number of hydrogen-bond donors (Lipinski definition) is 1. The van der Waals surface area contributed by atoms with Crippen molar-refractivity contribution in [2.45, 2.75) is 32.3 Å². The Morgan fingerprint density at radius 3 is 2.85 bits per heavy atom. The number of nitrogens with zero attached hydrogens (tertiary/aromatic N) is 2. The van der Waals surface area contributed by atoms with Crippen molar-refractivity contribution < 1.29 is 18.4 Å². The minimum absolute atomic E-state index is 0.161. The van der Waals surface area contributed by atoms with Gasteiger partial charge in [0.15, 0.2) is 0 Å². The average molecular weight is 367 g/mol.